The molecule has 0 spiro atoms. The van der Waals surface area contributed by atoms with Crippen LogP contribution in [-0.4, -0.2) is 21.4 Å². The number of fused-ring (bicyclic) bond motifs is 1. The van der Waals surface area contributed by atoms with Crippen LogP contribution in [0.3, 0.4) is 0 Å². The van der Waals surface area contributed by atoms with Gasteiger partial charge in [0.05, 0.1) is 23.7 Å². The van der Waals surface area contributed by atoms with Gasteiger partial charge in [0.15, 0.2) is 0 Å². The number of aromatic nitrogens is 2. The predicted octanol–water partition coefficient (Wildman–Crippen LogP) is 4.08. The number of hydrogen-bond donors (Lipinski definition) is 1. The minimum Gasteiger partial charge on any atom is -0.350 e. The van der Waals surface area contributed by atoms with Gasteiger partial charge in [0, 0.05) is 10.6 Å². The molecule has 1 aliphatic carbocycles. The van der Waals surface area contributed by atoms with Crippen LogP contribution in [0.5, 0.6) is 0 Å². The number of aryl methyl sites for hydroxylation is 1. The highest BCUT2D eigenvalue weighted by molar-refractivity contribution is 8.00. The SMILES string of the molecule is Cc1ccc(SCC(=O)NCc2nn(-c3ccccc3)c3c2CCC3)cc1. The van der Waals surface area contributed by atoms with Gasteiger partial charge in [0.2, 0.25) is 5.91 Å². The van der Waals surface area contributed by atoms with Gasteiger partial charge in [0.1, 0.15) is 0 Å². The van der Waals surface area contributed by atoms with Crippen LogP contribution in [0.4, 0.5) is 0 Å². The van der Waals surface area contributed by atoms with Gasteiger partial charge < -0.3 is 5.32 Å². The van der Waals surface area contributed by atoms with Crippen LogP contribution in [0.1, 0.15) is 28.9 Å². The summed E-state index contributed by atoms with van der Waals surface area (Å²) in [5, 5.41) is 7.84. The van der Waals surface area contributed by atoms with Gasteiger partial charge in [-0.1, -0.05) is 35.9 Å². The highest BCUT2D eigenvalue weighted by Crippen LogP contribution is 2.27. The van der Waals surface area contributed by atoms with Gasteiger partial charge in [-0.2, -0.15) is 5.10 Å². The molecule has 3 aromatic rings. The Morgan fingerprint density at radius 1 is 1.11 bits per heavy atom. The molecule has 1 aliphatic rings. The molecule has 1 heterocycles. The van der Waals surface area contributed by atoms with Gasteiger partial charge in [-0.15, -0.1) is 11.8 Å². The Balaban J connectivity index is 1.40. The fourth-order valence-corrected chi connectivity index (χ4v) is 4.18. The maximum absolute atomic E-state index is 12.3. The van der Waals surface area contributed by atoms with E-state index >= 15 is 0 Å². The summed E-state index contributed by atoms with van der Waals surface area (Å²) in [5.41, 5.74) is 5.92. The number of amides is 1. The number of nitrogens with one attached hydrogen (secondary N) is 1. The maximum Gasteiger partial charge on any atom is 0.230 e. The molecule has 0 radical (unpaired) electrons. The Morgan fingerprint density at radius 3 is 2.67 bits per heavy atom. The molecule has 1 amide bonds. The third kappa shape index (κ3) is 4.08. The fourth-order valence-electron chi connectivity index (χ4n) is 3.46. The summed E-state index contributed by atoms with van der Waals surface area (Å²) in [6.45, 7) is 2.56. The average Bonchev–Trinajstić information content (AvgIpc) is 3.30. The van der Waals surface area contributed by atoms with E-state index < -0.39 is 0 Å². The van der Waals surface area contributed by atoms with Gasteiger partial charge in [-0.05, 0) is 56.0 Å². The molecule has 1 aromatic heterocycles. The number of rotatable bonds is 6. The second kappa shape index (κ2) is 8.01. The monoisotopic (exact) mass is 377 g/mol. The molecule has 27 heavy (non-hydrogen) atoms. The van der Waals surface area contributed by atoms with Crippen molar-refractivity contribution in [2.75, 3.05) is 5.75 Å². The first-order valence-electron chi connectivity index (χ1n) is 9.32. The highest BCUT2D eigenvalue weighted by atomic mass is 32.2. The number of benzene rings is 2. The van der Waals surface area contributed by atoms with Crippen LogP contribution in [0.15, 0.2) is 59.5 Å². The van der Waals surface area contributed by atoms with Crippen molar-refractivity contribution in [2.45, 2.75) is 37.6 Å². The zero-order valence-corrected chi connectivity index (χ0v) is 16.3. The number of nitrogens with zero attached hydrogens (tertiary/aromatic N) is 2. The Morgan fingerprint density at radius 2 is 1.89 bits per heavy atom. The van der Waals surface area contributed by atoms with Gasteiger partial charge in [0.25, 0.3) is 0 Å². The summed E-state index contributed by atoms with van der Waals surface area (Å²) < 4.78 is 2.05. The largest absolute Gasteiger partial charge is 0.350 e. The van der Waals surface area contributed by atoms with Crippen molar-refractivity contribution in [3.8, 4) is 5.69 Å². The van der Waals surface area contributed by atoms with E-state index in [9.17, 15) is 4.79 Å². The number of para-hydroxylation sites is 1. The summed E-state index contributed by atoms with van der Waals surface area (Å²) in [6.07, 6.45) is 3.25. The maximum atomic E-state index is 12.3. The molecule has 138 valence electrons. The number of carbonyl (C=O) groups is 1. The molecule has 0 unspecified atom stereocenters. The topological polar surface area (TPSA) is 46.9 Å². The molecular formula is C22H23N3OS. The Labute approximate surface area is 164 Å². The smallest absolute Gasteiger partial charge is 0.230 e. The molecule has 0 saturated heterocycles. The lowest BCUT2D eigenvalue weighted by Gasteiger charge is -2.06. The molecule has 0 bridgehead atoms. The lowest BCUT2D eigenvalue weighted by molar-refractivity contribution is -0.118. The highest BCUT2D eigenvalue weighted by Gasteiger charge is 2.23. The Hall–Kier alpha value is -2.53. The average molecular weight is 378 g/mol. The molecule has 0 saturated carbocycles. The fraction of sp³-hybridized carbons (Fsp3) is 0.273. The zero-order chi connectivity index (χ0) is 18.6. The zero-order valence-electron chi connectivity index (χ0n) is 15.4. The van der Waals surface area contributed by atoms with Crippen LogP contribution in [0, 0.1) is 6.92 Å². The summed E-state index contributed by atoms with van der Waals surface area (Å²) in [7, 11) is 0. The molecule has 0 aliphatic heterocycles. The first-order valence-corrected chi connectivity index (χ1v) is 10.3. The van der Waals surface area contributed by atoms with Crippen molar-refractivity contribution in [3.05, 3.63) is 77.1 Å². The molecule has 5 heteroatoms. The standard InChI is InChI=1S/C22H23N3OS/c1-16-10-12-18(13-11-16)27-15-22(26)23-14-20-19-8-5-9-21(19)25(24-20)17-6-3-2-4-7-17/h2-4,6-7,10-13H,5,8-9,14-15H2,1H3,(H,23,26). The molecule has 0 atom stereocenters. The van der Waals surface area contributed by atoms with Crippen LogP contribution in [0.25, 0.3) is 5.69 Å². The van der Waals surface area contributed by atoms with E-state index in [1.165, 1.54) is 16.8 Å². The lowest BCUT2D eigenvalue weighted by atomic mass is 10.2. The van der Waals surface area contributed by atoms with E-state index in [0.717, 1.165) is 35.5 Å². The van der Waals surface area contributed by atoms with Crippen molar-refractivity contribution < 1.29 is 4.79 Å². The molecule has 0 fully saturated rings. The van der Waals surface area contributed by atoms with Crippen molar-refractivity contribution in [1.29, 1.82) is 0 Å². The van der Waals surface area contributed by atoms with Crippen molar-refractivity contribution in [2.24, 2.45) is 0 Å². The third-order valence-electron chi connectivity index (χ3n) is 4.86. The molecule has 2 aromatic carbocycles. The van der Waals surface area contributed by atoms with E-state index in [4.69, 9.17) is 5.10 Å². The molecule has 4 nitrogen and oxygen atoms in total. The molecular weight excluding hydrogens is 354 g/mol. The van der Waals surface area contributed by atoms with Crippen LogP contribution in [0.2, 0.25) is 0 Å². The van der Waals surface area contributed by atoms with Crippen molar-refractivity contribution in [1.82, 2.24) is 15.1 Å². The number of thioether (sulfide) groups is 1. The van der Waals surface area contributed by atoms with E-state index in [1.54, 1.807) is 11.8 Å². The molecule has 4 rings (SSSR count). The second-order valence-corrected chi connectivity index (χ2v) is 7.90. The quantitative estimate of drug-likeness (QED) is 0.659. The Bertz CT molecular complexity index is 932. The second-order valence-electron chi connectivity index (χ2n) is 6.85. The van der Waals surface area contributed by atoms with E-state index in [-0.39, 0.29) is 5.91 Å². The Kier molecular flexibility index (Phi) is 5.30. The van der Waals surface area contributed by atoms with Crippen LogP contribution >= 0.6 is 11.8 Å². The van der Waals surface area contributed by atoms with E-state index in [1.807, 2.05) is 22.9 Å². The van der Waals surface area contributed by atoms with E-state index in [0.29, 0.717) is 12.3 Å². The molecule has 1 N–H and O–H groups in total. The first-order chi connectivity index (χ1) is 13.2. The van der Waals surface area contributed by atoms with Crippen molar-refractivity contribution >= 4 is 17.7 Å². The summed E-state index contributed by atoms with van der Waals surface area (Å²) in [4.78, 5) is 13.4. The minimum absolute atomic E-state index is 0.0431. The van der Waals surface area contributed by atoms with Crippen molar-refractivity contribution in [3.63, 3.8) is 0 Å². The van der Waals surface area contributed by atoms with Gasteiger partial charge in [-0.3, -0.25) is 4.79 Å². The number of carbonyl (C=O) groups excluding carboxylic acids is 1. The third-order valence-corrected chi connectivity index (χ3v) is 5.87. The predicted molar refractivity (Wildman–Crippen MR) is 109 cm³/mol. The van der Waals surface area contributed by atoms with Crippen LogP contribution < -0.4 is 5.32 Å². The van der Waals surface area contributed by atoms with Crippen LogP contribution in [-0.2, 0) is 24.2 Å². The minimum atomic E-state index is 0.0431. The first kappa shape index (κ1) is 17.9. The summed E-state index contributed by atoms with van der Waals surface area (Å²) >= 11 is 1.56. The number of hydrogen-bond acceptors (Lipinski definition) is 3. The van der Waals surface area contributed by atoms with Gasteiger partial charge >= 0.3 is 0 Å². The van der Waals surface area contributed by atoms with Gasteiger partial charge in [-0.25, -0.2) is 4.68 Å². The lowest BCUT2D eigenvalue weighted by Crippen LogP contribution is -2.25. The summed E-state index contributed by atoms with van der Waals surface area (Å²) in [6, 6.07) is 18.5. The normalized spacial score (nSPS) is 12.8. The van der Waals surface area contributed by atoms with E-state index in [2.05, 4.69) is 48.6 Å². The summed E-state index contributed by atoms with van der Waals surface area (Å²) in [5.74, 6) is 0.464.